The van der Waals surface area contributed by atoms with Crippen molar-refractivity contribution in [2.45, 2.75) is 32.7 Å². The number of hydrogen-bond donors (Lipinski definition) is 1. The summed E-state index contributed by atoms with van der Waals surface area (Å²) in [6.07, 6.45) is -0.322. The number of benzene rings is 2. The number of halogens is 3. The van der Waals surface area contributed by atoms with Gasteiger partial charge in [-0.1, -0.05) is 17.9 Å². The quantitative estimate of drug-likeness (QED) is 0.312. The molecule has 2 amide bonds. The van der Waals surface area contributed by atoms with Gasteiger partial charge in [-0.25, -0.2) is 23.2 Å². The van der Waals surface area contributed by atoms with Crippen molar-refractivity contribution < 1.29 is 22.8 Å². The van der Waals surface area contributed by atoms with Crippen molar-refractivity contribution in [2.75, 3.05) is 12.8 Å². The number of nitrogens with zero attached hydrogens (tertiary/aromatic N) is 5. The molecular formula is C28H25F3N6O2. The number of rotatable bonds is 4. The lowest BCUT2D eigenvalue weighted by atomic mass is 10.1. The first-order valence-corrected chi connectivity index (χ1v) is 12.2. The highest BCUT2D eigenvalue weighted by Crippen LogP contribution is 2.50. The number of hydrogen-bond acceptors (Lipinski definition) is 5. The second-order valence-electron chi connectivity index (χ2n) is 9.68. The van der Waals surface area contributed by atoms with E-state index in [0.29, 0.717) is 40.5 Å². The van der Waals surface area contributed by atoms with Gasteiger partial charge in [-0.15, -0.1) is 0 Å². The largest absolute Gasteiger partial charge is 0.383 e. The summed E-state index contributed by atoms with van der Waals surface area (Å²) in [5, 5.41) is 7.76. The number of alkyl halides is 2. The maximum atomic E-state index is 15.1. The van der Waals surface area contributed by atoms with E-state index >= 15 is 4.39 Å². The predicted octanol–water partition coefficient (Wildman–Crippen LogP) is 4.28. The van der Waals surface area contributed by atoms with Crippen LogP contribution in [-0.4, -0.2) is 50.1 Å². The number of anilines is 1. The Morgan fingerprint density at radius 3 is 2.56 bits per heavy atom. The van der Waals surface area contributed by atoms with Crippen molar-refractivity contribution in [3.63, 3.8) is 0 Å². The molecule has 2 N–H and O–H groups in total. The van der Waals surface area contributed by atoms with Crippen LogP contribution in [0.4, 0.5) is 19.0 Å². The van der Waals surface area contributed by atoms with E-state index in [1.165, 1.54) is 26.1 Å². The van der Waals surface area contributed by atoms with Gasteiger partial charge < -0.3 is 5.73 Å². The van der Waals surface area contributed by atoms with Gasteiger partial charge in [0.05, 0.1) is 34.6 Å². The van der Waals surface area contributed by atoms with Gasteiger partial charge in [0.25, 0.3) is 12.3 Å². The number of nitrogen functional groups attached to an aromatic ring is 1. The van der Waals surface area contributed by atoms with E-state index in [4.69, 9.17) is 5.73 Å². The second-order valence-corrected chi connectivity index (χ2v) is 9.68. The van der Waals surface area contributed by atoms with Crippen LogP contribution < -0.4 is 5.73 Å². The summed E-state index contributed by atoms with van der Waals surface area (Å²) in [5.41, 5.74) is 6.64. The summed E-state index contributed by atoms with van der Waals surface area (Å²) in [6.45, 7) is 1.03. The number of carbonyl (C=O) groups excluding carboxylic acids is 2. The summed E-state index contributed by atoms with van der Waals surface area (Å²) in [7, 11) is 3.17. The topological polar surface area (TPSA) is 97.3 Å². The molecule has 0 unspecified atom stereocenters. The molecule has 0 saturated heterocycles. The molecule has 5 rings (SSSR count). The van der Waals surface area contributed by atoms with Gasteiger partial charge in [0.2, 0.25) is 5.91 Å². The van der Waals surface area contributed by atoms with E-state index in [2.05, 4.69) is 21.9 Å². The number of nitrogens with two attached hydrogens (primary N) is 1. The van der Waals surface area contributed by atoms with Crippen LogP contribution in [0.2, 0.25) is 0 Å². The van der Waals surface area contributed by atoms with Gasteiger partial charge in [-0.05, 0) is 43.2 Å². The minimum atomic E-state index is -2.55. The summed E-state index contributed by atoms with van der Waals surface area (Å²) < 4.78 is 43.0. The van der Waals surface area contributed by atoms with Gasteiger partial charge >= 0.3 is 0 Å². The molecule has 0 bridgehead atoms. The zero-order valence-electron chi connectivity index (χ0n) is 21.5. The number of pyridine rings is 1. The van der Waals surface area contributed by atoms with E-state index in [1.54, 1.807) is 36.1 Å². The average molecular weight is 535 g/mol. The Bertz CT molecular complexity index is 1700. The molecule has 0 aliphatic heterocycles. The fourth-order valence-electron chi connectivity index (χ4n) is 4.37. The first-order valence-electron chi connectivity index (χ1n) is 12.2. The van der Waals surface area contributed by atoms with E-state index in [9.17, 15) is 18.4 Å². The molecule has 2 aromatic carbocycles. The molecule has 11 heteroatoms. The number of aryl methyl sites for hydroxylation is 1. The second kappa shape index (κ2) is 9.62. The van der Waals surface area contributed by atoms with Crippen molar-refractivity contribution >= 4 is 39.4 Å². The molecule has 39 heavy (non-hydrogen) atoms. The fraction of sp³-hybridized carbons (Fsp3) is 0.286. The van der Waals surface area contributed by atoms with Crippen LogP contribution >= 0.6 is 0 Å². The molecule has 1 fully saturated rings. The molecule has 200 valence electrons. The standard InChI is InChI=1S/C28H25F3N6O2/c1-16(38)36(3)37(15-19-5-4-17(12-22(19)29)8-9-28(10-11-28)27(30)31)26(39)18-6-7-23-20(13-18)24-21(25(32)34-23)14-33-35(24)2/h4-7,12-14,27H,10-11,15H2,1-3H3,(H2,32,34). The number of aromatic nitrogens is 3. The molecular weight excluding hydrogens is 509 g/mol. The van der Waals surface area contributed by atoms with Crippen molar-refractivity contribution in [2.24, 2.45) is 12.5 Å². The Labute approximate surface area is 222 Å². The molecule has 1 aliphatic rings. The number of hydrazine groups is 1. The lowest BCUT2D eigenvalue weighted by molar-refractivity contribution is -0.140. The third-order valence-corrected chi connectivity index (χ3v) is 7.04. The average Bonchev–Trinajstić information content (AvgIpc) is 3.60. The van der Waals surface area contributed by atoms with Gasteiger partial charge in [0, 0.05) is 43.1 Å². The van der Waals surface area contributed by atoms with E-state index in [1.807, 2.05) is 0 Å². The van der Waals surface area contributed by atoms with Gasteiger partial charge in [-0.3, -0.25) is 19.3 Å². The van der Waals surface area contributed by atoms with Crippen molar-refractivity contribution in [1.82, 2.24) is 24.8 Å². The highest BCUT2D eigenvalue weighted by molar-refractivity contribution is 6.10. The molecule has 1 aliphatic carbocycles. The minimum absolute atomic E-state index is 0.126. The van der Waals surface area contributed by atoms with Gasteiger partial charge in [0.15, 0.2) is 0 Å². The van der Waals surface area contributed by atoms with Crippen molar-refractivity contribution in [3.8, 4) is 11.8 Å². The zero-order valence-corrected chi connectivity index (χ0v) is 21.5. The fourth-order valence-corrected chi connectivity index (χ4v) is 4.37. The van der Waals surface area contributed by atoms with Gasteiger partial charge in [-0.2, -0.15) is 5.10 Å². The lowest BCUT2D eigenvalue weighted by Gasteiger charge is -2.31. The Morgan fingerprint density at radius 1 is 1.18 bits per heavy atom. The molecule has 4 aromatic rings. The van der Waals surface area contributed by atoms with Crippen LogP contribution in [0.15, 0.2) is 42.6 Å². The van der Waals surface area contributed by atoms with E-state index in [0.717, 1.165) is 16.1 Å². The highest BCUT2D eigenvalue weighted by atomic mass is 19.3. The first kappa shape index (κ1) is 26.0. The normalized spacial score (nSPS) is 13.8. The monoisotopic (exact) mass is 534 g/mol. The number of carbonyl (C=O) groups is 2. The van der Waals surface area contributed by atoms with Crippen LogP contribution in [0.3, 0.4) is 0 Å². The molecule has 0 atom stereocenters. The van der Waals surface area contributed by atoms with E-state index in [-0.39, 0.29) is 23.2 Å². The molecule has 2 aromatic heterocycles. The smallest absolute Gasteiger partial charge is 0.272 e. The Morgan fingerprint density at radius 2 is 1.92 bits per heavy atom. The zero-order chi connectivity index (χ0) is 28.1. The molecule has 2 heterocycles. The SMILES string of the molecule is CC(=O)N(C)N(Cc1ccc(C#CC2(C(F)F)CC2)cc1F)C(=O)c1ccc2nc(N)c3cnn(C)c3c2c1. The molecule has 1 saturated carbocycles. The minimum Gasteiger partial charge on any atom is -0.383 e. The van der Waals surface area contributed by atoms with Crippen LogP contribution in [-0.2, 0) is 18.4 Å². The van der Waals surface area contributed by atoms with Crippen LogP contribution in [0.1, 0.15) is 41.3 Å². The predicted molar refractivity (Wildman–Crippen MR) is 140 cm³/mol. The maximum absolute atomic E-state index is 15.1. The molecule has 8 nitrogen and oxygen atoms in total. The Hall–Kier alpha value is -4.59. The van der Waals surface area contributed by atoms with Crippen LogP contribution in [0, 0.1) is 23.1 Å². The van der Waals surface area contributed by atoms with Crippen molar-refractivity contribution in [3.05, 3.63) is 65.1 Å². The van der Waals surface area contributed by atoms with Crippen molar-refractivity contribution in [1.29, 1.82) is 0 Å². The number of amides is 2. The molecule has 0 radical (unpaired) electrons. The summed E-state index contributed by atoms with van der Waals surface area (Å²) >= 11 is 0. The molecule has 0 spiro atoms. The summed E-state index contributed by atoms with van der Waals surface area (Å²) in [6, 6.07) is 8.94. The van der Waals surface area contributed by atoms with E-state index < -0.39 is 29.5 Å². The number of fused-ring (bicyclic) bond motifs is 3. The maximum Gasteiger partial charge on any atom is 0.272 e. The summed E-state index contributed by atoms with van der Waals surface area (Å²) in [5.74, 6) is 3.88. The van der Waals surface area contributed by atoms with Crippen LogP contribution in [0.5, 0.6) is 0 Å². The van der Waals surface area contributed by atoms with Crippen LogP contribution in [0.25, 0.3) is 21.8 Å². The Balaban J connectivity index is 1.48. The first-order chi connectivity index (χ1) is 18.5. The van der Waals surface area contributed by atoms with Gasteiger partial charge in [0.1, 0.15) is 11.6 Å². The highest BCUT2D eigenvalue weighted by Gasteiger charge is 2.50. The third-order valence-electron chi connectivity index (χ3n) is 7.04. The summed E-state index contributed by atoms with van der Waals surface area (Å²) in [4.78, 5) is 30.3. The third kappa shape index (κ3) is 4.74. The lowest BCUT2D eigenvalue weighted by Crippen LogP contribution is -2.46. The Kier molecular flexibility index (Phi) is 6.42.